The van der Waals surface area contributed by atoms with Crippen molar-refractivity contribution in [1.29, 1.82) is 5.26 Å². The van der Waals surface area contributed by atoms with Crippen molar-refractivity contribution >= 4 is 29.1 Å². The van der Waals surface area contributed by atoms with E-state index in [-0.39, 0.29) is 17.9 Å². The highest BCUT2D eigenvalue weighted by Crippen LogP contribution is 2.20. The van der Waals surface area contributed by atoms with E-state index in [1.165, 1.54) is 0 Å². The van der Waals surface area contributed by atoms with Crippen LogP contribution in [-0.4, -0.2) is 53.8 Å². The first kappa shape index (κ1) is 17.3. The quantitative estimate of drug-likeness (QED) is 0.912. The molecule has 1 N–H and O–H groups in total. The summed E-state index contributed by atoms with van der Waals surface area (Å²) in [5, 5.41) is 12.0. The maximum Gasteiger partial charge on any atom is 0.241 e. The average Bonchev–Trinajstić information content (AvgIpc) is 2.54. The molecule has 1 atom stereocenters. The van der Waals surface area contributed by atoms with Crippen LogP contribution in [0.2, 0.25) is 5.02 Å². The normalized spacial score (nSPS) is 16.5. The zero-order valence-electron chi connectivity index (χ0n) is 13.2. The molecule has 0 unspecified atom stereocenters. The predicted molar refractivity (Wildman–Crippen MR) is 88.1 cm³/mol. The van der Waals surface area contributed by atoms with Crippen molar-refractivity contribution in [3.05, 3.63) is 28.8 Å². The van der Waals surface area contributed by atoms with Gasteiger partial charge in [-0.3, -0.25) is 14.5 Å². The van der Waals surface area contributed by atoms with Crippen molar-refractivity contribution in [2.24, 2.45) is 0 Å². The molecule has 0 spiro atoms. The molecule has 1 saturated heterocycles. The van der Waals surface area contributed by atoms with Gasteiger partial charge in [0, 0.05) is 38.8 Å². The monoisotopic (exact) mass is 334 g/mol. The number of piperazine rings is 1. The fourth-order valence-corrected chi connectivity index (χ4v) is 2.74. The van der Waals surface area contributed by atoms with Gasteiger partial charge in [0.25, 0.3) is 0 Å². The SMILES string of the molecule is CC(=O)N1CCN([C@H](C)C(=O)Nc2ccc(C#N)c(Cl)c2)CC1. The molecule has 0 radical (unpaired) electrons. The Morgan fingerprint density at radius 1 is 1.30 bits per heavy atom. The molecule has 0 bridgehead atoms. The number of hydrogen-bond donors (Lipinski definition) is 1. The summed E-state index contributed by atoms with van der Waals surface area (Å²) in [5.41, 5.74) is 0.936. The number of anilines is 1. The van der Waals surface area contributed by atoms with Gasteiger partial charge in [0.2, 0.25) is 11.8 Å². The molecule has 6 nitrogen and oxygen atoms in total. The maximum atomic E-state index is 12.4. The zero-order chi connectivity index (χ0) is 17.0. The molecule has 7 heteroatoms. The second-order valence-corrected chi connectivity index (χ2v) is 5.92. The van der Waals surface area contributed by atoms with Crippen LogP contribution < -0.4 is 5.32 Å². The Kier molecular flexibility index (Phi) is 5.59. The van der Waals surface area contributed by atoms with Crippen LogP contribution in [0, 0.1) is 11.3 Å². The van der Waals surface area contributed by atoms with Crippen molar-refractivity contribution in [2.45, 2.75) is 19.9 Å². The number of nitrogens with zero attached hydrogens (tertiary/aromatic N) is 3. The van der Waals surface area contributed by atoms with Crippen molar-refractivity contribution in [1.82, 2.24) is 9.80 Å². The molecule has 1 aliphatic rings. The second kappa shape index (κ2) is 7.44. The summed E-state index contributed by atoms with van der Waals surface area (Å²) < 4.78 is 0. The number of hydrogen-bond acceptors (Lipinski definition) is 4. The molecule has 2 rings (SSSR count). The lowest BCUT2D eigenvalue weighted by Crippen LogP contribution is -2.53. The van der Waals surface area contributed by atoms with Gasteiger partial charge in [0.1, 0.15) is 6.07 Å². The van der Waals surface area contributed by atoms with Crippen LogP contribution in [0.4, 0.5) is 5.69 Å². The summed E-state index contributed by atoms with van der Waals surface area (Å²) in [4.78, 5) is 27.5. The van der Waals surface area contributed by atoms with E-state index < -0.39 is 0 Å². The van der Waals surface area contributed by atoms with Crippen LogP contribution in [0.25, 0.3) is 0 Å². The molecule has 0 saturated carbocycles. The predicted octanol–water partition coefficient (Wildman–Crippen LogP) is 1.70. The number of carbonyl (C=O) groups excluding carboxylic acids is 2. The van der Waals surface area contributed by atoms with Gasteiger partial charge in [-0.15, -0.1) is 0 Å². The van der Waals surface area contributed by atoms with E-state index in [1.54, 1.807) is 30.0 Å². The minimum atomic E-state index is -0.307. The highest BCUT2D eigenvalue weighted by Gasteiger charge is 2.26. The summed E-state index contributed by atoms with van der Waals surface area (Å²) in [6.45, 7) is 6.00. The smallest absolute Gasteiger partial charge is 0.241 e. The highest BCUT2D eigenvalue weighted by atomic mass is 35.5. The van der Waals surface area contributed by atoms with Gasteiger partial charge in [0.05, 0.1) is 16.6 Å². The first-order valence-corrected chi connectivity index (χ1v) is 7.80. The topological polar surface area (TPSA) is 76.4 Å². The van der Waals surface area contributed by atoms with E-state index in [9.17, 15) is 9.59 Å². The van der Waals surface area contributed by atoms with Gasteiger partial charge in [-0.2, -0.15) is 5.26 Å². The summed E-state index contributed by atoms with van der Waals surface area (Å²) >= 11 is 5.97. The van der Waals surface area contributed by atoms with Crippen LogP contribution in [0.3, 0.4) is 0 Å². The average molecular weight is 335 g/mol. The summed E-state index contributed by atoms with van der Waals surface area (Å²) in [7, 11) is 0. The zero-order valence-corrected chi connectivity index (χ0v) is 13.9. The molecule has 0 aliphatic carbocycles. The molecular weight excluding hydrogens is 316 g/mol. The summed E-state index contributed by atoms with van der Waals surface area (Å²) in [5.74, 6) is -0.0731. The Balaban J connectivity index is 1.94. The van der Waals surface area contributed by atoms with Crippen molar-refractivity contribution in [3.63, 3.8) is 0 Å². The number of amides is 2. The molecule has 1 aromatic carbocycles. The van der Waals surface area contributed by atoms with E-state index in [4.69, 9.17) is 16.9 Å². The van der Waals surface area contributed by atoms with Crippen LogP contribution in [0.1, 0.15) is 19.4 Å². The first-order valence-electron chi connectivity index (χ1n) is 7.42. The Hall–Kier alpha value is -2.10. The van der Waals surface area contributed by atoms with Crippen LogP contribution in [0.5, 0.6) is 0 Å². The standard InChI is InChI=1S/C16H19ClN4O2/c1-11(20-5-7-21(8-6-20)12(2)22)16(23)19-14-4-3-13(10-18)15(17)9-14/h3-4,9,11H,5-8H2,1-2H3,(H,19,23)/t11-/m1/s1. The lowest BCUT2D eigenvalue weighted by Gasteiger charge is -2.37. The number of nitriles is 1. The van der Waals surface area contributed by atoms with Crippen LogP contribution in [0.15, 0.2) is 18.2 Å². The Morgan fingerprint density at radius 2 is 1.96 bits per heavy atom. The van der Waals surface area contributed by atoms with E-state index >= 15 is 0 Å². The lowest BCUT2D eigenvalue weighted by molar-refractivity contribution is -0.131. The van der Waals surface area contributed by atoms with Gasteiger partial charge in [-0.25, -0.2) is 0 Å². The number of benzene rings is 1. The van der Waals surface area contributed by atoms with Gasteiger partial charge < -0.3 is 10.2 Å². The number of rotatable bonds is 3. The largest absolute Gasteiger partial charge is 0.340 e. The molecule has 122 valence electrons. The molecule has 1 aromatic rings. The third-order valence-electron chi connectivity index (χ3n) is 4.04. The minimum Gasteiger partial charge on any atom is -0.340 e. The Morgan fingerprint density at radius 3 is 2.48 bits per heavy atom. The van der Waals surface area contributed by atoms with Gasteiger partial charge in [-0.05, 0) is 25.1 Å². The first-order chi connectivity index (χ1) is 10.9. The van der Waals surface area contributed by atoms with E-state index in [1.807, 2.05) is 17.9 Å². The highest BCUT2D eigenvalue weighted by molar-refractivity contribution is 6.32. The van der Waals surface area contributed by atoms with Crippen molar-refractivity contribution in [2.75, 3.05) is 31.5 Å². The van der Waals surface area contributed by atoms with Crippen LogP contribution in [-0.2, 0) is 9.59 Å². The van der Waals surface area contributed by atoms with Crippen molar-refractivity contribution in [3.8, 4) is 6.07 Å². The lowest BCUT2D eigenvalue weighted by atomic mass is 10.2. The fourth-order valence-electron chi connectivity index (χ4n) is 2.52. The van der Waals surface area contributed by atoms with Gasteiger partial charge in [0.15, 0.2) is 0 Å². The van der Waals surface area contributed by atoms with E-state index in [0.29, 0.717) is 42.5 Å². The van der Waals surface area contributed by atoms with Crippen molar-refractivity contribution < 1.29 is 9.59 Å². The molecular formula is C16H19ClN4O2. The summed E-state index contributed by atoms with van der Waals surface area (Å²) in [6, 6.07) is 6.47. The third kappa shape index (κ3) is 4.21. The number of carbonyl (C=O) groups is 2. The van der Waals surface area contributed by atoms with Gasteiger partial charge >= 0.3 is 0 Å². The van der Waals surface area contributed by atoms with E-state index in [2.05, 4.69) is 5.32 Å². The molecule has 23 heavy (non-hydrogen) atoms. The number of nitrogens with one attached hydrogen (secondary N) is 1. The third-order valence-corrected chi connectivity index (χ3v) is 4.36. The summed E-state index contributed by atoms with van der Waals surface area (Å²) in [6.07, 6.45) is 0. The Labute approximate surface area is 140 Å². The fraction of sp³-hybridized carbons (Fsp3) is 0.438. The number of halogens is 1. The minimum absolute atomic E-state index is 0.0639. The Bertz CT molecular complexity index is 648. The molecule has 0 aromatic heterocycles. The van der Waals surface area contributed by atoms with Crippen LogP contribution >= 0.6 is 11.6 Å². The van der Waals surface area contributed by atoms with E-state index in [0.717, 1.165) is 0 Å². The molecule has 1 fully saturated rings. The maximum absolute atomic E-state index is 12.4. The molecule has 1 aliphatic heterocycles. The molecule has 1 heterocycles. The second-order valence-electron chi connectivity index (χ2n) is 5.51. The molecule has 2 amide bonds. The van der Waals surface area contributed by atoms with Gasteiger partial charge in [-0.1, -0.05) is 11.6 Å².